The molecule has 1 aliphatic rings. The molecule has 1 saturated heterocycles. The van der Waals surface area contributed by atoms with Crippen molar-refractivity contribution in [1.29, 1.82) is 0 Å². The minimum Gasteiger partial charge on any atom is -0.360 e. The van der Waals surface area contributed by atoms with Gasteiger partial charge < -0.3 is 14.7 Å². The van der Waals surface area contributed by atoms with E-state index in [0.29, 0.717) is 18.1 Å². The van der Waals surface area contributed by atoms with Crippen LogP contribution in [-0.2, 0) is 9.59 Å². The van der Waals surface area contributed by atoms with Crippen molar-refractivity contribution in [2.24, 2.45) is 5.92 Å². The van der Waals surface area contributed by atoms with Crippen LogP contribution in [-0.4, -0.2) is 23.5 Å². The lowest BCUT2D eigenvalue weighted by molar-refractivity contribution is -0.122. The molecule has 1 atom stereocenters. The zero-order chi connectivity index (χ0) is 14.8. The van der Waals surface area contributed by atoms with Gasteiger partial charge in [0.15, 0.2) is 5.82 Å². The van der Waals surface area contributed by atoms with Crippen LogP contribution in [0.15, 0.2) is 40.9 Å². The van der Waals surface area contributed by atoms with Crippen molar-refractivity contribution in [3.05, 3.63) is 42.2 Å². The molecule has 3 rings (SSSR count). The average Bonchev–Trinajstić information content (AvgIpc) is 3.06. The maximum Gasteiger partial charge on any atom is 0.231 e. The number of para-hydroxylation sites is 1. The highest BCUT2D eigenvalue weighted by atomic mass is 16.5. The molecule has 21 heavy (non-hydrogen) atoms. The molecule has 0 bridgehead atoms. The maximum absolute atomic E-state index is 12.2. The van der Waals surface area contributed by atoms with E-state index in [1.54, 1.807) is 17.9 Å². The molecule has 1 N–H and O–H groups in total. The smallest absolute Gasteiger partial charge is 0.231 e. The van der Waals surface area contributed by atoms with Gasteiger partial charge in [-0.3, -0.25) is 9.59 Å². The molecule has 0 radical (unpaired) electrons. The van der Waals surface area contributed by atoms with Crippen molar-refractivity contribution in [3.63, 3.8) is 0 Å². The predicted molar refractivity (Wildman–Crippen MR) is 76.8 cm³/mol. The van der Waals surface area contributed by atoms with Crippen LogP contribution in [0.1, 0.15) is 12.2 Å². The van der Waals surface area contributed by atoms with E-state index in [1.165, 1.54) is 0 Å². The Balaban J connectivity index is 1.68. The summed E-state index contributed by atoms with van der Waals surface area (Å²) in [6, 6.07) is 11.0. The van der Waals surface area contributed by atoms with Crippen LogP contribution in [0, 0.1) is 12.8 Å². The van der Waals surface area contributed by atoms with Gasteiger partial charge in [-0.2, -0.15) is 0 Å². The number of carbonyl (C=O) groups excluding carboxylic acids is 2. The van der Waals surface area contributed by atoms with E-state index in [-0.39, 0.29) is 24.2 Å². The highest BCUT2D eigenvalue weighted by molar-refractivity contribution is 6.03. The second-order valence-electron chi connectivity index (χ2n) is 5.05. The minimum atomic E-state index is -0.380. The number of benzene rings is 1. The minimum absolute atomic E-state index is 0.0438. The molecule has 1 aliphatic heterocycles. The average molecular weight is 285 g/mol. The van der Waals surface area contributed by atoms with Crippen LogP contribution in [0.3, 0.4) is 0 Å². The molecular formula is C15H15N3O3. The number of hydrogen-bond acceptors (Lipinski definition) is 4. The van der Waals surface area contributed by atoms with Crippen molar-refractivity contribution in [2.75, 3.05) is 16.8 Å². The number of hydrogen-bond donors (Lipinski definition) is 1. The van der Waals surface area contributed by atoms with Gasteiger partial charge in [-0.15, -0.1) is 0 Å². The fraction of sp³-hybridized carbons (Fsp3) is 0.267. The van der Waals surface area contributed by atoms with Crippen LogP contribution in [0.5, 0.6) is 0 Å². The molecule has 0 aliphatic carbocycles. The lowest BCUT2D eigenvalue weighted by Gasteiger charge is -2.16. The first-order valence-corrected chi connectivity index (χ1v) is 6.73. The summed E-state index contributed by atoms with van der Waals surface area (Å²) in [5, 5.41) is 6.39. The standard InChI is InChI=1S/C15H15N3O3/c1-10-7-13(17-21-10)16-15(20)11-8-14(19)18(9-11)12-5-3-2-4-6-12/h2-7,11H,8-9H2,1H3,(H,16,17,20)/t11-/m1/s1. The number of amides is 2. The van der Waals surface area contributed by atoms with E-state index >= 15 is 0 Å². The molecule has 6 nitrogen and oxygen atoms in total. The molecule has 0 saturated carbocycles. The van der Waals surface area contributed by atoms with E-state index in [4.69, 9.17) is 4.52 Å². The fourth-order valence-electron chi connectivity index (χ4n) is 2.39. The predicted octanol–water partition coefficient (Wildman–Crippen LogP) is 1.97. The van der Waals surface area contributed by atoms with Gasteiger partial charge in [0.05, 0.1) is 5.92 Å². The van der Waals surface area contributed by atoms with Gasteiger partial charge in [-0.25, -0.2) is 0 Å². The third-order valence-corrected chi connectivity index (χ3v) is 3.44. The normalized spacial score (nSPS) is 18.0. The Bertz CT molecular complexity index is 666. The Labute approximate surface area is 121 Å². The molecule has 1 aromatic carbocycles. The molecule has 1 fully saturated rings. The van der Waals surface area contributed by atoms with Crippen LogP contribution in [0.2, 0.25) is 0 Å². The molecule has 0 spiro atoms. The topological polar surface area (TPSA) is 75.4 Å². The van der Waals surface area contributed by atoms with Gasteiger partial charge in [0.1, 0.15) is 5.76 Å². The second-order valence-corrected chi connectivity index (χ2v) is 5.05. The summed E-state index contributed by atoms with van der Waals surface area (Å²) in [7, 11) is 0. The van der Waals surface area contributed by atoms with E-state index in [0.717, 1.165) is 5.69 Å². The van der Waals surface area contributed by atoms with E-state index in [1.807, 2.05) is 30.3 Å². The molecule has 2 heterocycles. The monoisotopic (exact) mass is 285 g/mol. The first kappa shape index (κ1) is 13.4. The van der Waals surface area contributed by atoms with Crippen molar-refractivity contribution in [2.45, 2.75) is 13.3 Å². The summed E-state index contributed by atoms with van der Waals surface area (Å²) in [6.45, 7) is 2.13. The summed E-state index contributed by atoms with van der Waals surface area (Å²) >= 11 is 0. The quantitative estimate of drug-likeness (QED) is 0.935. The SMILES string of the molecule is Cc1cc(NC(=O)[C@@H]2CC(=O)N(c3ccccc3)C2)no1. The number of nitrogens with zero attached hydrogens (tertiary/aromatic N) is 2. The zero-order valence-electron chi connectivity index (χ0n) is 11.6. The van der Waals surface area contributed by atoms with Crippen LogP contribution in [0.4, 0.5) is 11.5 Å². The number of rotatable bonds is 3. The summed E-state index contributed by atoms with van der Waals surface area (Å²) in [4.78, 5) is 25.9. The highest BCUT2D eigenvalue weighted by Gasteiger charge is 2.35. The van der Waals surface area contributed by atoms with Gasteiger partial charge in [-0.1, -0.05) is 23.4 Å². The molecule has 2 amide bonds. The Hall–Kier alpha value is -2.63. The summed E-state index contributed by atoms with van der Waals surface area (Å²) in [5.74, 6) is 0.365. The number of anilines is 2. The van der Waals surface area contributed by atoms with Crippen LogP contribution in [0.25, 0.3) is 0 Å². The molecule has 6 heteroatoms. The first-order valence-electron chi connectivity index (χ1n) is 6.73. The summed E-state index contributed by atoms with van der Waals surface area (Å²) in [6.07, 6.45) is 0.206. The van der Waals surface area contributed by atoms with Gasteiger partial charge in [0.2, 0.25) is 11.8 Å². The van der Waals surface area contributed by atoms with Crippen molar-refractivity contribution < 1.29 is 14.1 Å². The lowest BCUT2D eigenvalue weighted by atomic mass is 10.1. The maximum atomic E-state index is 12.2. The molecular weight excluding hydrogens is 270 g/mol. The fourth-order valence-corrected chi connectivity index (χ4v) is 2.39. The van der Waals surface area contributed by atoms with E-state index < -0.39 is 0 Å². The largest absolute Gasteiger partial charge is 0.360 e. The van der Waals surface area contributed by atoms with Crippen molar-refractivity contribution in [3.8, 4) is 0 Å². The summed E-state index contributed by atoms with van der Waals surface area (Å²) in [5.41, 5.74) is 0.815. The number of carbonyl (C=O) groups is 2. The van der Waals surface area contributed by atoms with Crippen LogP contribution >= 0.6 is 0 Å². The van der Waals surface area contributed by atoms with Gasteiger partial charge in [0.25, 0.3) is 0 Å². The van der Waals surface area contributed by atoms with E-state index in [2.05, 4.69) is 10.5 Å². The first-order chi connectivity index (χ1) is 10.1. The molecule has 108 valence electrons. The Morgan fingerprint density at radius 1 is 1.38 bits per heavy atom. The van der Waals surface area contributed by atoms with Crippen molar-refractivity contribution >= 4 is 23.3 Å². The third kappa shape index (κ3) is 2.79. The molecule has 1 aromatic heterocycles. The van der Waals surface area contributed by atoms with Crippen molar-refractivity contribution in [1.82, 2.24) is 5.16 Å². The zero-order valence-corrected chi connectivity index (χ0v) is 11.6. The summed E-state index contributed by atoms with van der Waals surface area (Å²) < 4.78 is 4.90. The lowest BCUT2D eigenvalue weighted by Crippen LogP contribution is -2.28. The van der Waals surface area contributed by atoms with Gasteiger partial charge >= 0.3 is 0 Å². The number of aryl methyl sites for hydroxylation is 1. The third-order valence-electron chi connectivity index (χ3n) is 3.44. The number of nitrogens with one attached hydrogen (secondary N) is 1. The Morgan fingerprint density at radius 2 is 2.14 bits per heavy atom. The second kappa shape index (κ2) is 5.40. The van der Waals surface area contributed by atoms with Gasteiger partial charge in [0, 0.05) is 24.7 Å². The number of aromatic nitrogens is 1. The molecule has 0 unspecified atom stereocenters. The highest BCUT2D eigenvalue weighted by Crippen LogP contribution is 2.25. The Morgan fingerprint density at radius 3 is 2.81 bits per heavy atom. The van der Waals surface area contributed by atoms with E-state index in [9.17, 15) is 9.59 Å². The Kier molecular flexibility index (Phi) is 3.43. The van der Waals surface area contributed by atoms with Crippen LogP contribution < -0.4 is 10.2 Å². The van der Waals surface area contributed by atoms with Gasteiger partial charge in [-0.05, 0) is 19.1 Å². The molecule has 2 aromatic rings.